The van der Waals surface area contributed by atoms with E-state index in [0.29, 0.717) is 11.3 Å². The third kappa shape index (κ3) is 4.14. The number of nitrogens with one attached hydrogen (secondary N) is 1. The highest BCUT2D eigenvalue weighted by molar-refractivity contribution is 5.97. The van der Waals surface area contributed by atoms with Gasteiger partial charge in [-0.2, -0.15) is 5.26 Å². The third-order valence-electron chi connectivity index (χ3n) is 3.03. The van der Waals surface area contributed by atoms with Crippen LogP contribution in [0.1, 0.15) is 22.8 Å². The maximum atomic E-state index is 13.5. The molecule has 1 amide bonds. The molecule has 2 aromatic rings. The van der Waals surface area contributed by atoms with Crippen LogP contribution in [0.25, 0.3) is 0 Å². The van der Waals surface area contributed by atoms with Gasteiger partial charge in [-0.15, -0.1) is 0 Å². The number of hydrogen-bond acceptors (Lipinski definition) is 4. The first kappa shape index (κ1) is 16.2. The lowest BCUT2D eigenvalue weighted by Gasteiger charge is -2.13. The number of nitrogens with zero attached hydrogens (tertiary/aromatic N) is 1. The van der Waals surface area contributed by atoms with Gasteiger partial charge in [0.1, 0.15) is 5.82 Å². The van der Waals surface area contributed by atoms with Crippen molar-refractivity contribution in [2.75, 3.05) is 5.32 Å². The van der Waals surface area contributed by atoms with Crippen molar-refractivity contribution in [3.63, 3.8) is 0 Å². The number of halogens is 1. The van der Waals surface area contributed by atoms with Crippen LogP contribution in [0.2, 0.25) is 0 Å². The summed E-state index contributed by atoms with van der Waals surface area (Å²) in [5.41, 5.74) is 0.690. The quantitative estimate of drug-likeness (QED) is 0.880. The van der Waals surface area contributed by atoms with Crippen molar-refractivity contribution >= 4 is 17.6 Å². The Balaban J connectivity index is 1.98. The molecule has 0 fully saturated rings. The second kappa shape index (κ2) is 7.18. The van der Waals surface area contributed by atoms with Crippen LogP contribution in [0.15, 0.2) is 48.5 Å². The number of anilines is 1. The molecule has 23 heavy (non-hydrogen) atoms. The number of esters is 1. The van der Waals surface area contributed by atoms with Crippen LogP contribution < -0.4 is 5.32 Å². The molecule has 0 aliphatic rings. The second-order valence-electron chi connectivity index (χ2n) is 4.71. The number of hydrogen-bond donors (Lipinski definition) is 1. The van der Waals surface area contributed by atoms with Crippen molar-refractivity contribution in [1.29, 1.82) is 5.26 Å². The lowest BCUT2D eigenvalue weighted by atomic mass is 10.2. The molecular weight excluding hydrogens is 299 g/mol. The summed E-state index contributed by atoms with van der Waals surface area (Å²) in [4.78, 5) is 23.8. The first-order valence-corrected chi connectivity index (χ1v) is 6.78. The maximum Gasteiger partial charge on any atom is 0.341 e. The molecule has 0 aromatic heterocycles. The molecule has 2 rings (SSSR count). The monoisotopic (exact) mass is 312 g/mol. The highest BCUT2D eigenvalue weighted by Crippen LogP contribution is 2.12. The van der Waals surface area contributed by atoms with Crippen LogP contribution >= 0.6 is 0 Å². The average molecular weight is 312 g/mol. The van der Waals surface area contributed by atoms with Crippen molar-refractivity contribution in [1.82, 2.24) is 0 Å². The van der Waals surface area contributed by atoms with Gasteiger partial charge >= 0.3 is 5.97 Å². The van der Waals surface area contributed by atoms with Gasteiger partial charge in [0.2, 0.25) is 0 Å². The Morgan fingerprint density at radius 3 is 2.43 bits per heavy atom. The summed E-state index contributed by atoms with van der Waals surface area (Å²) in [5.74, 6) is -2.18. The molecule has 0 unspecified atom stereocenters. The van der Waals surface area contributed by atoms with Gasteiger partial charge < -0.3 is 10.1 Å². The van der Waals surface area contributed by atoms with Crippen LogP contribution in [0.3, 0.4) is 0 Å². The van der Waals surface area contributed by atoms with Gasteiger partial charge in [-0.25, -0.2) is 9.18 Å². The summed E-state index contributed by atoms with van der Waals surface area (Å²) in [7, 11) is 0. The molecule has 0 heterocycles. The standard InChI is InChI=1S/C17H13FN2O3/c1-11(23-17(22)14-4-2-3-5-15(14)18)16(21)20-13-8-6-12(10-19)7-9-13/h2-9,11H,1H3,(H,20,21)/t11-/m1/s1. The van der Waals surface area contributed by atoms with Crippen LogP contribution in [-0.2, 0) is 9.53 Å². The summed E-state index contributed by atoms with van der Waals surface area (Å²) >= 11 is 0. The fraction of sp³-hybridized carbons (Fsp3) is 0.118. The summed E-state index contributed by atoms with van der Waals surface area (Å²) in [6.07, 6.45) is -1.10. The Labute approximate surface area is 132 Å². The van der Waals surface area contributed by atoms with Gasteiger partial charge in [0.05, 0.1) is 17.2 Å². The molecule has 2 aromatic carbocycles. The number of carbonyl (C=O) groups is 2. The Morgan fingerprint density at radius 1 is 1.17 bits per heavy atom. The normalized spacial score (nSPS) is 11.2. The van der Waals surface area contributed by atoms with Crippen LogP contribution in [0.4, 0.5) is 10.1 Å². The lowest BCUT2D eigenvalue weighted by molar-refractivity contribution is -0.123. The van der Waals surface area contributed by atoms with Gasteiger partial charge in [-0.1, -0.05) is 12.1 Å². The molecule has 0 radical (unpaired) electrons. The van der Waals surface area contributed by atoms with E-state index in [1.165, 1.54) is 25.1 Å². The van der Waals surface area contributed by atoms with Crippen molar-refractivity contribution < 1.29 is 18.7 Å². The van der Waals surface area contributed by atoms with E-state index in [1.807, 2.05) is 6.07 Å². The SMILES string of the molecule is C[C@@H](OC(=O)c1ccccc1F)C(=O)Nc1ccc(C#N)cc1. The first-order chi connectivity index (χ1) is 11.0. The van der Waals surface area contributed by atoms with Crippen LogP contribution in [0, 0.1) is 17.1 Å². The Bertz CT molecular complexity index is 766. The zero-order chi connectivity index (χ0) is 16.8. The molecule has 1 atom stereocenters. The molecule has 116 valence electrons. The van der Waals surface area contributed by atoms with Gasteiger partial charge in [0.15, 0.2) is 6.10 Å². The molecule has 0 aliphatic carbocycles. The second-order valence-corrected chi connectivity index (χ2v) is 4.71. The molecular formula is C17H13FN2O3. The van der Waals surface area contributed by atoms with E-state index >= 15 is 0 Å². The number of benzene rings is 2. The van der Waals surface area contributed by atoms with E-state index in [-0.39, 0.29) is 5.56 Å². The molecule has 0 bridgehead atoms. The first-order valence-electron chi connectivity index (χ1n) is 6.78. The Hall–Kier alpha value is -3.20. The summed E-state index contributed by atoms with van der Waals surface area (Å²) in [5, 5.41) is 11.2. The number of rotatable bonds is 4. The molecule has 5 nitrogen and oxygen atoms in total. The smallest absolute Gasteiger partial charge is 0.341 e. The van der Waals surface area contributed by atoms with Gasteiger partial charge in [0.25, 0.3) is 5.91 Å². The predicted octanol–water partition coefficient (Wildman–Crippen LogP) is 2.88. The zero-order valence-electron chi connectivity index (χ0n) is 12.2. The van der Waals surface area contributed by atoms with E-state index in [0.717, 1.165) is 6.07 Å². The molecule has 0 saturated carbocycles. The largest absolute Gasteiger partial charge is 0.449 e. The lowest BCUT2D eigenvalue weighted by Crippen LogP contribution is -2.30. The highest BCUT2D eigenvalue weighted by atomic mass is 19.1. The topological polar surface area (TPSA) is 79.2 Å². The average Bonchev–Trinajstić information content (AvgIpc) is 2.55. The fourth-order valence-electron chi connectivity index (χ4n) is 1.78. The van der Waals surface area contributed by atoms with Crippen molar-refractivity contribution in [3.05, 3.63) is 65.5 Å². The van der Waals surface area contributed by atoms with Gasteiger partial charge in [0, 0.05) is 5.69 Å². The minimum Gasteiger partial charge on any atom is -0.449 e. The Kier molecular flexibility index (Phi) is 5.05. The van der Waals surface area contributed by atoms with E-state index < -0.39 is 23.8 Å². The van der Waals surface area contributed by atoms with E-state index in [9.17, 15) is 14.0 Å². The summed E-state index contributed by atoms with van der Waals surface area (Å²) in [6.45, 7) is 1.39. The molecule has 1 N–H and O–H groups in total. The van der Waals surface area contributed by atoms with E-state index in [4.69, 9.17) is 10.00 Å². The zero-order valence-corrected chi connectivity index (χ0v) is 12.2. The van der Waals surface area contributed by atoms with Crippen molar-refractivity contribution in [2.24, 2.45) is 0 Å². The molecule has 6 heteroatoms. The summed E-state index contributed by atoms with van der Waals surface area (Å²) < 4.78 is 18.4. The number of amides is 1. The summed E-state index contributed by atoms with van der Waals surface area (Å²) in [6, 6.07) is 13.5. The minimum atomic E-state index is -1.10. The van der Waals surface area contributed by atoms with Crippen molar-refractivity contribution in [3.8, 4) is 6.07 Å². The Morgan fingerprint density at radius 2 is 1.83 bits per heavy atom. The molecule has 0 spiro atoms. The number of ether oxygens (including phenoxy) is 1. The van der Waals surface area contributed by atoms with Crippen LogP contribution in [0.5, 0.6) is 0 Å². The van der Waals surface area contributed by atoms with Crippen molar-refractivity contribution in [2.45, 2.75) is 13.0 Å². The third-order valence-corrected chi connectivity index (χ3v) is 3.03. The van der Waals surface area contributed by atoms with E-state index in [2.05, 4.69) is 5.32 Å². The number of carbonyl (C=O) groups excluding carboxylic acids is 2. The maximum absolute atomic E-state index is 13.5. The van der Waals surface area contributed by atoms with Gasteiger partial charge in [-0.3, -0.25) is 4.79 Å². The fourth-order valence-corrected chi connectivity index (χ4v) is 1.78. The van der Waals surface area contributed by atoms with Gasteiger partial charge in [-0.05, 0) is 43.3 Å². The van der Waals surface area contributed by atoms with Crippen LogP contribution in [-0.4, -0.2) is 18.0 Å². The van der Waals surface area contributed by atoms with E-state index in [1.54, 1.807) is 24.3 Å². The molecule has 0 aliphatic heterocycles. The predicted molar refractivity (Wildman–Crippen MR) is 81.1 cm³/mol. The minimum absolute atomic E-state index is 0.231. The highest BCUT2D eigenvalue weighted by Gasteiger charge is 2.20. The molecule has 0 saturated heterocycles. The number of nitriles is 1.